The molecule has 0 atom stereocenters. The maximum atomic E-state index is 7.01. The fourth-order valence-electron chi connectivity index (χ4n) is 9.55. The molecular weight excluding hydrogens is 771 g/mol. The van der Waals surface area contributed by atoms with Gasteiger partial charge in [-0.15, -0.1) is 0 Å². The maximum Gasteiger partial charge on any atom is 0.164 e. The molecule has 6 nitrogen and oxygen atoms in total. The van der Waals surface area contributed by atoms with Crippen LogP contribution in [0.2, 0.25) is 0 Å². The van der Waals surface area contributed by atoms with Gasteiger partial charge in [0.2, 0.25) is 0 Å². The number of nitrogens with zero attached hydrogens (tertiary/aromatic N) is 5. The molecule has 63 heavy (non-hydrogen) atoms. The number of aromatic nitrogens is 5. The van der Waals surface area contributed by atoms with Gasteiger partial charge in [-0.3, -0.25) is 0 Å². The van der Waals surface area contributed by atoms with Crippen LogP contribution in [-0.2, 0) is 0 Å². The summed E-state index contributed by atoms with van der Waals surface area (Å²) in [5, 5.41) is 6.74. The molecule has 13 aromatic rings. The number of benzene rings is 9. The highest BCUT2D eigenvalue weighted by molar-refractivity contribution is 6.24. The van der Waals surface area contributed by atoms with Crippen molar-refractivity contribution in [3.8, 4) is 56.7 Å². The first kappa shape index (κ1) is 35.2. The number of hydrogen-bond donors (Lipinski definition) is 0. The van der Waals surface area contributed by atoms with E-state index in [0.717, 1.165) is 77.7 Å². The van der Waals surface area contributed by atoms with Crippen LogP contribution in [0.1, 0.15) is 0 Å². The van der Waals surface area contributed by atoms with E-state index in [-0.39, 0.29) is 0 Å². The van der Waals surface area contributed by atoms with E-state index in [1.165, 1.54) is 27.1 Å². The van der Waals surface area contributed by atoms with Gasteiger partial charge in [0.25, 0.3) is 0 Å². The molecule has 0 N–H and O–H groups in total. The molecule has 0 amide bonds. The molecule has 0 spiro atoms. The van der Waals surface area contributed by atoms with Crippen LogP contribution in [-0.4, -0.2) is 24.1 Å². The van der Waals surface area contributed by atoms with Crippen molar-refractivity contribution in [3.63, 3.8) is 0 Å². The topological polar surface area (TPSA) is 61.7 Å². The molecule has 294 valence electrons. The third-order valence-electron chi connectivity index (χ3n) is 12.3. The van der Waals surface area contributed by atoms with Crippen LogP contribution in [0.4, 0.5) is 0 Å². The number of para-hydroxylation sites is 3. The lowest BCUT2D eigenvalue weighted by molar-refractivity contribution is 0.669. The molecule has 0 aliphatic rings. The Hall–Kier alpha value is -8.61. The number of rotatable bonds is 6. The minimum atomic E-state index is 0.579. The Morgan fingerprint density at radius 1 is 0.317 bits per heavy atom. The van der Waals surface area contributed by atoms with Crippen molar-refractivity contribution in [1.29, 1.82) is 0 Å². The van der Waals surface area contributed by atoms with E-state index in [9.17, 15) is 0 Å². The lowest BCUT2D eigenvalue weighted by Crippen LogP contribution is -2.00. The molecule has 4 heterocycles. The Morgan fingerprint density at radius 2 is 0.794 bits per heavy atom. The molecule has 0 unspecified atom stereocenters. The predicted octanol–water partition coefficient (Wildman–Crippen LogP) is 14.6. The Morgan fingerprint density at radius 3 is 1.38 bits per heavy atom. The van der Waals surface area contributed by atoms with Crippen molar-refractivity contribution >= 4 is 65.6 Å². The second-order valence-corrected chi connectivity index (χ2v) is 16.0. The van der Waals surface area contributed by atoms with Gasteiger partial charge in [0.15, 0.2) is 17.5 Å². The Bertz CT molecular complexity index is 3830. The van der Waals surface area contributed by atoms with Crippen LogP contribution in [0.15, 0.2) is 217 Å². The normalized spacial score (nSPS) is 11.8. The fourth-order valence-corrected chi connectivity index (χ4v) is 9.55. The summed E-state index contributed by atoms with van der Waals surface area (Å²) in [5.74, 6) is 1.80. The quantitative estimate of drug-likeness (QED) is 0.168. The standard InChI is InChI=1S/C57H35N5O/c1-5-17-36(18-6-1)39-33-47(57-59-55(37-19-7-2-8-20-37)58-56(60-57)38-21-9-3-10-22-38)52-46-30-29-41(35-50(46)63-51(52)34-39)62-49-28-16-14-26-43(49)45-32-31-44-42-25-13-15-27-48(42)61(53(44)54(45)62)40-23-11-4-12-24-40/h1-35H. The highest BCUT2D eigenvalue weighted by atomic mass is 16.3. The van der Waals surface area contributed by atoms with Crippen molar-refractivity contribution in [1.82, 2.24) is 24.1 Å². The Kier molecular flexibility index (Phi) is 7.80. The van der Waals surface area contributed by atoms with Crippen molar-refractivity contribution < 1.29 is 4.42 Å². The molecule has 0 aliphatic heterocycles. The van der Waals surface area contributed by atoms with Gasteiger partial charge in [0, 0.05) is 60.8 Å². The van der Waals surface area contributed by atoms with Crippen molar-refractivity contribution in [2.24, 2.45) is 0 Å². The van der Waals surface area contributed by atoms with Gasteiger partial charge in [-0.05, 0) is 59.7 Å². The van der Waals surface area contributed by atoms with Crippen molar-refractivity contribution in [3.05, 3.63) is 212 Å². The van der Waals surface area contributed by atoms with E-state index in [4.69, 9.17) is 19.4 Å². The van der Waals surface area contributed by atoms with E-state index >= 15 is 0 Å². The second-order valence-electron chi connectivity index (χ2n) is 16.0. The molecule has 4 aromatic heterocycles. The summed E-state index contributed by atoms with van der Waals surface area (Å²) in [4.78, 5) is 15.4. The summed E-state index contributed by atoms with van der Waals surface area (Å²) >= 11 is 0. The first-order valence-corrected chi connectivity index (χ1v) is 21.2. The van der Waals surface area contributed by atoms with Crippen LogP contribution in [0.5, 0.6) is 0 Å². The van der Waals surface area contributed by atoms with Crippen molar-refractivity contribution in [2.75, 3.05) is 0 Å². The zero-order valence-corrected chi connectivity index (χ0v) is 33.9. The van der Waals surface area contributed by atoms with Crippen LogP contribution >= 0.6 is 0 Å². The van der Waals surface area contributed by atoms with E-state index in [1.807, 2.05) is 66.7 Å². The average molecular weight is 806 g/mol. The minimum absolute atomic E-state index is 0.579. The summed E-state index contributed by atoms with van der Waals surface area (Å²) in [6, 6.07) is 74.3. The lowest BCUT2D eigenvalue weighted by Gasteiger charge is -2.12. The summed E-state index contributed by atoms with van der Waals surface area (Å²) in [5.41, 5.74) is 13.1. The van der Waals surface area contributed by atoms with Gasteiger partial charge in [-0.25, -0.2) is 15.0 Å². The molecule has 13 rings (SSSR count). The SMILES string of the molecule is c1ccc(-c2cc(-c3nc(-c4ccccc4)nc(-c4ccccc4)n3)c3c(c2)oc2cc(-n4c5ccccc5c5ccc6c7ccccc7n(-c7ccccc7)c6c54)ccc23)cc1. The molecular formula is C57H35N5O. The van der Waals surface area contributed by atoms with Gasteiger partial charge < -0.3 is 13.6 Å². The Labute approximate surface area is 361 Å². The maximum absolute atomic E-state index is 7.01. The summed E-state index contributed by atoms with van der Waals surface area (Å²) < 4.78 is 11.8. The Balaban J connectivity index is 1.10. The second kappa shape index (κ2) is 14.0. The first-order valence-electron chi connectivity index (χ1n) is 21.2. The van der Waals surface area contributed by atoms with E-state index < -0.39 is 0 Å². The highest BCUT2D eigenvalue weighted by Crippen LogP contribution is 2.44. The van der Waals surface area contributed by atoms with Gasteiger partial charge >= 0.3 is 0 Å². The van der Waals surface area contributed by atoms with E-state index in [0.29, 0.717) is 17.5 Å². The van der Waals surface area contributed by atoms with Gasteiger partial charge in [0.05, 0.1) is 27.8 Å². The van der Waals surface area contributed by atoms with Crippen LogP contribution in [0.25, 0.3) is 122 Å². The average Bonchev–Trinajstić information content (AvgIpc) is 4.02. The van der Waals surface area contributed by atoms with Crippen LogP contribution < -0.4 is 0 Å². The van der Waals surface area contributed by atoms with Gasteiger partial charge in [-0.2, -0.15) is 0 Å². The third-order valence-corrected chi connectivity index (χ3v) is 12.3. The molecule has 9 aromatic carbocycles. The summed E-state index contributed by atoms with van der Waals surface area (Å²) in [7, 11) is 0. The van der Waals surface area contributed by atoms with Gasteiger partial charge in [-0.1, -0.05) is 158 Å². The predicted molar refractivity (Wildman–Crippen MR) is 258 cm³/mol. The van der Waals surface area contributed by atoms with Crippen LogP contribution in [0, 0.1) is 0 Å². The monoisotopic (exact) mass is 805 g/mol. The van der Waals surface area contributed by atoms with E-state index in [1.54, 1.807) is 0 Å². The summed E-state index contributed by atoms with van der Waals surface area (Å²) in [6.07, 6.45) is 0. The minimum Gasteiger partial charge on any atom is -0.456 e. The third kappa shape index (κ3) is 5.55. The van der Waals surface area contributed by atoms with Gasteiger partial charge in [0.1, 0.15) is 11.2 Å². The molecule has 0 saturated heterocycles. The lowest BCUT2D eigenvalue weighted by atomic mass is 9.98. The zero-order chi connectivity index (χ0) is 41.4. The zero-order valence-electron chi connectivity index (χ0n) is 33.9. The summed E-state index contributed by atoms with van der Waals surface area (Å²) in [6.45, 7) is 0. The van der Waals surface area contributed by atoms with Crippen LogP contribution in [0.3, 0.4) is 0 Å². The fraction of sp³-hybridized carbons (Fsp3) is 0. The first-order chi connectivity index (χ1) is 31.2. The smallest absolute Gasteiger partial charge is 0.164 e. The highest BCUT2D eigenvalue weighted by Gasteiger charge is 2.24. The van der Waals surface area contributed by atoms with E-state index in [2.05, 4.69) is 155 Å². The largest absolute Gasteiger partial charge is 0.456 e. The molecule has 0 aliphatic carbocycles. The molecule has 6 heteroatoms. The number of hydrogen-bond acceptors (Lipinski definition) is 4. The number of furan rings is 1. The molecule has 0 fully saturated rings. The molecule has 0 bridgehead atoms. The number of fused-ring (bicyclic) bond motifs is 10. The molecule has 0 radical (unpaired) electrons. The van der Waals surface area contributed by atoms with Crippen molar-refractivity contribution in [2.45, 2.75) is 0 Å². The molecule has 0 saturated carbocycles.